The van der Waals surface area contributed by atoms with E-state index in [0.717, 1.165) is 50.4 Å². The lowest BCUT2D eigenvalue weighted by atomic mass is 9.98. The van der Waals surface area contributed by atoms with Crippen molar-refractivity contribution >= 4 is 64.2 Å². The average Bonchev–Trinajstić information content (AvgIpc) is 3.79. The highest BCUT2D eigenvalue weighted by atomic mass is 32.1. The number of benzene rings is 8. The lowest BCUT2D eigenvalue weighted by Gasteiger charge is -2.12. The fourth-order valence-corrected chi connectivity index (χ4v) is 9.27. The predicted octanol–water partition coefficient (Wildman–Crippen LogP) is 13.8. The van der Waals surface area contributed by atoms with Crippen molar-refractivity contribution in [1.29, 1.82) is 0 Å². The minimum Gasteiger partial charge on any atom is -0.309 e. The van der Waals surface area contributed by atoms with Crippen LogP contribution < -0.4 is 0 Å². The highest BCUT2D eigenvalue weighted by molar-refractivity contribution is 7.26. The van der Waals surface area contributed by atoms with Gasteiger partial charge in [-0.1, -0.05) is 146 Å². The van der Waals surface area contributed by atoms with Gasteiger partial charge in [0.25, 0.3) is 0 Å². The van der Waals surface area contributed by atoms with Crippen molar-refractivity contribution in [3.05, 3.63) is 188 Å². The lowest BCUT2D eigenvalue weighted by Crippen LogP contribution is -1.96. The number of para-hydroxylation sites is 2. The number of hydrogen-bond acceptors (Lipinski definition) is 3. The van der Waals surface area contributed by atoms with E-state index in [1.807, 2.05) is 11.3 Å². The average molecular weight is 706 g/mol. The molecule has 0 aliphatic rings. The molecule has 0 saturated carbocycles. The molecule has 3 heterocycles. The van der Waals surface area contributed by atoms with E-state index in [1.165, 1.54) is 53.1 Å². The molecule has 3 aromatic heterocycles. The van der Waals surface area contributed by atoms with Crippen LogP contribution in [0.15, 0.2) is 188 Å². The highest BCUT2D eigenvalue weighted by Crippen LogP contribution is 2.41. The predicted molar refractivity (Wildman–Crippen MR) is 229 cm³/mol. The molecule has 0 aliphatic heterocycles. The summed E-state index contributed by atoms with van der Waals surface area (Å²) in [7, 11) is 0. The standard InChI is InChI=1S/C50H31N3S/c1-3-12-33(13-4-1)48-43-30-35(36-26-28-40-39-16-7-9-20-45(39)53(46(40)31-36)37-14-5-2-6-15-37)27-29-44(43)51-50(52-48)34-24-22-32(23-25-34)38-18-11-19-42-41-17-8-10-21-47(41)54-49(38)42/h1-31H. The molecule has 0 radical (unpaired) electrons. The molecule has 0 aliphatic carbocycles. The first kappa shape index (κ1) is 30.7. The van der Waals surface area contributed by atoms with Crippen LogP contribution in [0.2, 0.25) is 0 Å². The molecular weight excluding hydrogens is 675 g/mol. The molecule has 252 valence electrons. The van der Waals surface area contributed by atoms with Crippen molar-refractivity contribution in [2.75, 3.05) is 0 Å². The topological polar surface area (TPSA) is 30.7 Å². The van der Waals surface area contributed by atoms with Crippen molar-refractivity contribution < 1.29 is 0 Å². The van der Waals surface area contributed by atoms with Gasteiger partial charge in [0.2, 0.25) is 0 Å². The van der Waals surface area contributed by atoms with Crippen molar-refractivity contribution in [3.63, 3.8) is 0 Å². The minimum absolute atomic E-state index is 0.717. The maximum Gasteiger partial charge on any atom is 0.160 e. The summed E-state index contributed by atoms with van der Waals surface area (Å²) in [6.07, 6.45) is 0. The zero-order valence-corrected chi connectivity index (χ0v) is 30.0. The van der Waals surface area contributed by atoms with Gasteiger partial charge in [-0.25, -0.2) is 9.97 Å². The monoisotopic (exact) mass is 705 g/mol. The van der Waals surface area contributed by atoms with E-state index in [9.17, 15) is 0 Å². The first-order valence-corrected chi connectivity index (χ1v) is 19.1. The molecule has 0 N–H and O–H groups in total. The van der Waals surface area contributed by atoms with Gasteiger partial charge in [0.05, 0.1) is 22.2 Å². The summed E-state index contributed by atoms with van der Waals surface area (Å²) in [6.45, 7) is 0. The second kappa shape index (κ2) is 12.4. The molecule has 0 amide bonds. The van der Waals surface area contributed by atoms with Gasteiger partial charge in [0.1, 0.15) is 0 Å². The summed E-state index contributed by atoms with van der Waals surface area (Å²) in [6, 6.07) is 67.2. The van der Waals surface area contributed by atoms with Crippen LogP contribution in [0.5, 0.6) is 0 Å². The van der Waals surface area contributed by atoms with Crippen molar-refractivity contribution in [2.24, 2.45) is 0 Å². The van der Waals surface area contributed by atoms with Gasteiger partial charge in [-0.15, -0.1) is 11.3 Å². The first-order chi connectivity index (χ1) is 26.8. The third-order valence-corrected chi connectivity index (χ3v) is 11.8. The normalized spacial score (nSPS) is 11.7. The van der Waals surface area contributed by atoms with E-state index in [1.54, 1.807) is 0 Å². The third-order valence-electron chi connectivity index (χ3n) is 10.6. The Balaban J connectivity index is 1.03. The summed E-state index contributed by atoms with van der Waals surface area (Å²) < 4.78 is 5.00. The highest BCUT2D eigenvalue weighted by Gasteiger charge is 2.17. The molecule has 0 atom stereocenters. The van der Waals surface area contributed by atoms with Gasteiger partial charge in [0.15, 0.2) is 5.82 Å². The first-order valence-electron chi connectivity index (χ1n) is 18.2. The van der Waals surface area contributed by atoms with Crippen LogP contribution in [0.1, 0.15) is 0 Å². The number of thiophene rings is 1. The molecule has 4 heteroatoms. The van der Waals surface area contributed by atoms with Gasteiger partial charge in [-0.2, -0.15) is 0 Å². The second-order valence-corrected chi connectivity index (χ2v) is 14.8. The van der Waals surface area contributed by atoms with Crippen LogP contribution in [0.25, 0.3) is 103 Å². The molecule has 0 bridgehead atoms. The van der Waals surface area contributed by atoms with E-state index in [-0.39, 0.29) is 0 Å². The summed E-state index contributed by atoms with van der Waals surface area (Å²) in [5.74, 6) is 0.717. The molecular formula is C50H31N3S. The summed E-state index contributed by atoms with van der Waals surface area (Å²) >= 11 is 1.86. The lowest BCUT2D eigenvalue weighted by molar-refractivity contribution is 1.18. The van der Waals surface area contributed by atoms with Gasteiger partial charge in [-0.05, 0) is 64.7 Å². The van der Waals surface area contributed by atoms with Gasteiger partial charge >= 0.3 is 0 Å². The van der Waals surface area contributed by atoms with E-state index >= 15 is 0 Å². The minimum atomic E-state index is 0.717. The Morgan fingerprint density at radius 2 is 1.04 bits per heavy atom. The fraction of sp³-hybridized carbons (Fsp3) is 0. The summed E-state index contributed by atoms with van der Waals surface area (Å²) in [5.41, 5.74) is 12.1. The fourth-order valence-electron chi connectivity index (χ4n) is 8.03. The number of fused-ring (bicyclic) bond motifs is 7. The van der Waals surface area contributed by atoms with Crippen LogP contribution >= 0.6 is 11.3 Å². The Kier molecular flexibility index (Phi) is 7.04. The number of hydrogen-bond donors (Lipinski definition) is 0. The SMILES string of the molecule is c1ccc(-c2nc(-c3ccc(-c4cccc5c4sc4ccccc45)cc3)nc3ccc(-c4ccc5c6ccccc6n(-c6ccccc6)c5c4)cc23)cc1. The maximum atomic E-state index is 5.28. The Bertz CT molecular complexity index is 3200. The molecule has 0 spiro atoms. The van der Waals surface area contributed by atoms with Crippen molar-refractivity contribution in [1.82, 2.24) is 14.5 Å². The molecule has 0 saturated heterocycles. The van der Waals surface area contributed by atoms with Gasteiger partial charge < -0.3 is 4.57 Å². The number of rotatable bonds is 5. The zero-order chi connectivity index (χ0) is 35.6. The molecule has 11 rings (SSSR count). The molecule has 3 nitrogen and oxygen atoms in total. The van der Waals surface area contributed by atoms with Crippen LogP contribution in [0, 0.1) is 0 Å². The van der Waals surface area contributed by atoms with Crippen LogP contribution in [0.4, 0.5) is 0 Å². The van der Waals surface area contributed by atoms with E-state index < -0.39 is 0 Å². The Morgan fingerprint density at radius 3 is 1.89 bits per heavy atom. The Hall–Kier alpha value is -6.88. The summed E-state index contributed by atoms with van der Waals surface area (Å²) in [5, 5.41) is 6.13. The van der Waals surface area contributed by atoms with Crippen LogP contribution in [-0.2, 0) is 0 Å². The van der Waals surface area contributed by atoms with E-state index in [0.29, 0.717) is 0 Å². The van der Waals surface area contributed by atoms with Gasteiger partial charge in [0, 0.05) is 53.1 Å². The quantitative estimate of drug-likeness (QED) is 0.178. The third kappa shape index (κ3) is 4.96. The van der Waals surface area contributed by atoms with E-state index in [2.05, 4.69) is 193 Å². The second-order valence-electron chi connectivity index (χ2n) is 13.8. The van der Waals surface area contributed by atoms with Crippen molar-refractivity contribution in [2.45, 2.75) is 0 Å². The zero-order valence-electron chi connectivity index (χ0n) is 29.1. The smallest absolute Gasteiger partial charge is 0.160 e. The summed E-state index contributed by atoms with van der Waals surface area (Å²) in [4.78, 5) is 10.4. The molecule has 0 unspecified atom stereocenters. The van der Waals surface area contributed by atoms with Crippen LogP contribution in [-0.4, -0.2) is 14.5 Å². The molecule has 0 fully saturated rings. The molecule has 54 heavy (non-hydrogen) atoms. The van der Waals surface area contributed by atoms with Gasteiger partial charge in [-0.3, -0.25) is 0 Å². The van der Waals surface area contributed by atoms with E-state index in [4.69, 9.17) is 9.97 Å². The Labute approximate surface area is 316 Å². The largest absolute Gasteiger partial charge is 0.309 e. The maximum absolute atomic E-state index is 5.28. The molecule has 11 aromatic rings. The van der Waals surface area contributed by atoms with Crippen LogP contribution in [0.3, 0.4) is 0 Å². The molecule has 8 aromatic carbocycles. The number of nitrogens with zero attached hydrogens (tertiary/aromatic N) is 3. The Morgan fingerprint density at radius 1 is 0.389 bits per heavy atom. The van der Waals surface area contributed by atoms with Crippen molar-refractivity contribution in [3.8, 4) is 50.6 Å². The number of aromatic nitrogens is 3.